The minimum atomic E-state index is 0.425. The molecule has 2 aromatic carbocycles. The number of nitrogens with one attached hydrogen (secondary N) is 2. The molecule has 0 aliphatic carbocycles. The van der Waals surface area contributed by atoms with Crippen molar-refractivity contribution < 1.29 is 0 Å². The maximum Gasteiger partial charge on any atom is 0.191 e. The highest BCUT2D eigenvalue weighted by Gasteiger charge is 2.02. The lowest BCUT2D eigenvalue weighted by Gasteiger charge is -2.11. The zero-order valence-corrected chi connectivity index (χ0v) is 14.3. The fraction of sp³-hybridized carbons (Fsp3) is 0.111. The first kappa shape index (κ1) is 16.0. The van der Waals surface area contributed by atoms with E-state index in [0.29, 0.717) is 10.8 Å². The van der Waals surface area contributed by atoms with Crippen LogP contribution >= 0.6 is 12.2 Å². The van der Waals surface area contributed by atoms with E-state index in [-0.39, 0.29) is 0 Å². The van der Waals surface area contributed by atoms with Crippen LogP contribution < -0.4 is 10.7 Å². The molecule has 1 heterocycles. The summed E-state index contributed by atoms with van der Waals surface area (Å²) in [5, 5.41) is 7.68. The van der Waals surface area contributed by atoms with Crippen molar-refractivity contribution in [2.75, 3.05) is 5.32 Å². The average Bonchev–Trinajstić information content (AvgIpc) is 2.59. The van der Waals surface area contributed by atoms with Crippen LogP contribution in [0.5, 0.6) is 0 Å². The van der Waals surface area contributed by atoms with Crippen molar-refractivity contribution in [1.29, 1.82) is 0 Å². The number of nitrogens with zero attached hydrogens (tertiary/aromatic N) is 3. The van der Waals surface area contributed by atoms with Crippen LogP contribution in [-0.4, -0.2) is 21.3 Å². The van der Waals surface area contributed by atoms with E-state index in [1.807, 2.05) is 43.3 Å². The van der Waals surface area contributed by atoms with Gasteiger partial charge in [0.2, 0.25) is 0 Å². The molecule has 0 aliphatic heterocycles. The Morgan fingerprint density at radius 3 is 2.71 bits per heavy atom. The van der Waals surface area contributed by atoms with Crippen molar-refractivity contribution in [2.24, 2.45) is 5.10 Å². The third kappa shape index (κ3) is 3.72. The van der Waals surface area contributed by atoms with Crippen molar-refractivity contribution >= 4 is 40.3 Å². The normalized spacial score (nSPS) is 10.9. The fourth-order valence-electron chi connectivity index (χ4n) is 2.23. The molecule has 0 atom stereocenters. The summed E-state index contributed by atoms with van der Waals surface area (Å²) >= 11 is 5.26. The standard InChI is InChI=1S/C18H17N5S/c1-12-6-5-9-15(13(12)2)22-18(24)23-20-11-14-10-19-16-7-3-4-8-17(16)21-14/h3-11H,1-2H3,(H2,22,23,24)/b20-11-. The molecule has 0 saturated heterocycles. The van der Waals surface area contributed by atoms with E-state index in [9.17, 15) is 0 Å². The van der Waals surface area contributed by atoms with Gasteiger partial charge in [-0.25, -0.2) is 4.98 Å². The van der Waals surface area contributed by atoms with Crippen LogP contribution in [0.1, 0.15) is 16.8 Å². The molecule has 0 saturated carbocycles. The molecular formula is C18H17N5S. The second-order valence-corrected chi connectivity index (χ2v) is 5.76. The Labute approximate surface area is 145 Å². The molecule has 3 rings (SSSR count). The molecule has 120 valence electrons. The Kier molecular flexibility index (Phi) is 4.77. The molecule has 0 bridgehead atoms. The number of thiocarbonyl (C=S) groups is 1. The summed E-state index contributed by atoms with van der Waals surface area (Å²) in [5.74, 6) is 0. The number of fused-ring (bicyclic) bond motifs is 1. The van der Waals surface area contributed by atoms with Gasteiger partial charge in [-0.15, -0.1) is 0 Å². The molecule has 1 aromatic heterocycles. The maximum atomic E-state index is 5.26. The number of aromatic nitrogens is 2. The number of hydrogen-bond acceptors (Lipinski definition) is 4. The number of hydrogen-bond donors (Lipinski definition) is 2. The molecule has 0 aliphatic rings. The number of benzene rings is 2. The Hall–Kier alpha value is -2.86. The molecule has 2 N–H and O–H groups in total. The van der Waals surface area contributed by atoms with Crippen LogP contribution in [0.25, 0.3) is 11.0 Å². The Morgan fingerprint density at radius 1 is 1.08 bits per heavy atom. The highest BCUT2D eigenvalue weighted by molar-refractivity contribution is 7.80. The second-order valence-electron chi connectivity index (χ2n) is 5.36. The molecule has 0 amide bonds. The van der Waals surface area contributed by atoms with Gasteiger partial charge in [0.1, 0.15) is 5.69 Å². The van der Waals surface area contributed by atoms with E-state index in [1.54, 1.807) is 12.4 Å². The highest BCUT2D eigenvalue weighted by atomic mass is 32.1. The summed E-state index contributed by atoms with van der Waals surface area (Å²) in [4.78, 5) is 8.80. The van der Waals surface area contributed by atoms with Crippen LogP contribution in [0.3, 0.4) is 0 Å². The van der Waals surface area contributed by atoms with Crippen molar-refractivity contribution in [3.05, 3.63) is 65.5 Å². The monoisotopic (exact) mass is 335 g/mol. The van der Waals surface area contributed by atoms with Gasteiger partial charge in [-0.05, 0) is 55.4 Å². The first-order valence-electron chi connectivity index (χ1n) is 7.51. The van der Waals surface area contributed by atoms with E-state index >= 15 is 0 Å². The lowest BCUT2D eigenvalue weighted by molar-refractivity contribution is 1.05. The first-order chi connectivity index (χ1) is 11.6. The Morgan fingerprint density at radius 2 is 1.88 bits per heavy atom. The number of aryl methyl sites for hydroxylation is 1. The average molecular weight is 335 g/mol. The molecule has 5 nitrogen and oxygen atoms in total. The van der Waals surface area contributed by atoms with Gasteiger partial charge in [-0.1, -0.05) is 24.3 Å². The van der Waals surface area contributed by atoms with Crippen LogP contribution in [0.4, 0.5) is 5.69 Å². The SMILES string of the molecule is Cc1cccc(NC(=S)N/N=C\c2cnc3ccccc3n2)c1C. The summed E-state index contributed by atoms with van der Waals surface area (Å²) in [6.07, 6.45) is 3.27. The Bertz CT molecular complexity index is 920. The lowest BCUT2D eigenvalue weighted by Crippen LogP contribution is -2.24. The summed E-state index contributed by atoms with van der Waals surface area (Å²) in [6, 6.07) is 13.7. The first-order valence-corrected chi connectivity index (χ1v) is 7.92. The topological polar surface area (TPSA) is 62.2 Å². The van der Waals surface area contributed by atoms with Crippen LogP contribution in [0, 0.1) is 13.8 Å². The lowest BCUT2D eigenvalue weighted by atomic mass is 10.1. The van der Waals surface area contributed by atoms with Crippen molar-refractivity contribution in [1.82, 2.24) is 15.4 Å². The van der Waals surface area contributed by atoms with Crippen molar-refractivity contribution in [3.63, 3.8) is 0 Å². The van der Waals surface area contributed by atoms with E-state index in [2.05, 4.69) is 38.8 Å². The third-order valence-corrected chi connectivity index (χ3v) is 3.88. The number of hydrazone groups is 1. The molecule has 3 aromatic rings. The summed E-state index contributed by atoms with van der Waals surface area (Å²) in [6.45, 7) is 4.11. The molecule has 0 unspecified atom stereocenters. The molecule has 0 fully saturated rings. The van der Waals surface area contributed by atoms with E-state index in [4.69, 9.17) is 12.2 Å². The summed E-state index contributed by atoms with van der Waals surface area (Å²) in [7, 11) is 0. The van der Waals surface area contributed by atoms with Gasteiger partial charge in [0.25, 0.3) is 0 Å². The van der Waals surface area contributed by atoms with Gasteiger partial charge in [0.15, 0.2) is 5.11 Å². The van der Waals surface area contributed by atoms with Gasteiger partial charge in [-0.3, -0.25) is 10.4 Å². The third-order valence-electron chi connectivity index (χ3n) is 3.68. The van der Waals surface area contributed by atoms with Crippen molar-refractivity contribution in [3.8, 4) is 0 Å². The predicted molar refractivity (Wildman–Crippen MR) is 102 cm³/mol. The van der Waals surface area contributed by atoms with Gasteiger partial charge >= 0.3 is 0 Å². The van der Waals surface area contributed by atoms with Crippen LogP contribution in [0.2, 0.25) is 0 Å². The Balaban J connectivity index is 1.64. The molecule has 0 radical (unpaired) electrons. The number of rotatable bonds is 3. The summed E-state index contributed by atoms with van der Waals surface area (Å²) in [5.41, 5.74) is 8.48. The quantitative estimate of drug-likeness (QED) is 0.435. The van der Waals surface area contributed by atoms with Crippen LogP contribution in [-0.2, 0) is 0 Å². The van der Waals surface area contributed by atoms with Gasteiger partial charge in [0, 0.05) is 5.69 Å². The smallest absolute Gasteiger partial charge is 0.191 e. The molecular weight excluding hydrogens is 318 g/mol. The minimum Gasteiger partial charge on any atom is -0.331 e. The molecule has 6 heteroatoms. The maximum absolute atomic E-state index is 5.26. The van der Waals surface area contributed by atoms with Crippen molar-refractivity contribution in [2.45, 2.75) is 13.8 Å². The summed E-state index contributed by atoms with van der Waals surface area (Å²) < 4.78 is 0. The number of anilines is 1. The van der Waals surface area contributed by atoms with Crippen LogP contribution in [0.15, 0.2) is 53.8 Å². The molecule has 24 heavy (non-hydrogen) atoms. The molecule has 0 spiro atoms. The van der Waals surface area contributed by atoms with Gasteiger partial charge in [0.05, 0.1) is 23.4 Å². The zero-order valence-electron chi connectivity index (χ0n) is 13.4. The fourth-order valence-corrected chi connectivity index (χ4v) is 2.39. The zero-order chi connectivity index (χ0) is 16.9. The number of para-hydroxylation sites is 2. The van der Waals surface area contributed by atoms with E-state index in [1.165, 1.54) is 5.56 Å². The largest absolute Gasteiger partial charge is 0.331 e. The minimum absolute atomic E-state index is 0.425. The van der Waals surface area contributed by atoms with E-state index in [0.717, 1.165) is 22.3 Å². The van der Waals surface area contributed by atoms with Gasteiger partial charge < -0.3 is 5.32 Å². The van der Waals surface area contributed by atoms with Gasteiger partial charge in [-0.2, -0.15) is 5.10 Å². The predicted octanol–water partition coefficient (Wildman–Crippen LogP) is 3.57. The highest BCUT2D eigenvalue weighted by Crippen LogP contribution is 2.17. The van der Waals surface area contributed by atoms with E-state index < -0.39 is 0 Å². The second kappa shape index (κ2) is 7.14.